The molecule has 1 aliphatic heterocycles. The lowest BCUT2D eigenvalue weighted by atomic mass is 9.85. The number of allylic oxidation sites excluding steroid dienone is 2. The Hall–Kier alpha value is -2.97. The number of amides is 3. The van der Waals surface area contributed by atoms with Gasteiger partial charge < -0.3 is 5.32 Å². The van der Waals surface area contributed by atoms with Crippen molar-refractivity contribution in [1.29, 1.82) is 0 Å². The summed E-state index contributed by atoms with van der Waals surface area (Å²) in [6.07, 6.45) is 5.13. The minimum Gasteiger partial charge on any atom is -0.325 e. The van der Waals surface area contributed by atoms with E-state index in [4.69, 9.17) is 0 Å². The molecule has 2 bridgehead atoms. The Balaban J connectivity index is 1.16. The van der Waals surface area contributed by atoms with Gasteiger partial charge in [-0.3, -0.25) is 14.4 Å². The summed E-state index contributed by atoms with van der Waals surface area (Å²) < 4.78 is 1.68. The molecule has 6 rings (SSSR count). The molecular weight excluding hydrogens is 466 g/mol. The van der Waals surface area contributed by atoms with Crippen molar-refractivity contribution < 1.29 is 14.4 Å². The molecule has 3 amide bonds. The van der Waals surface area contributed by atoms with Gasteiger partial charge in [0, 0.05) is 5.69 Å². The van der Waals surface area contributed by atoms with Gasteiger partial charge in [-0.05, 0) is 61.9 Å². The van der Waals surface area contributed by atoms with Crippen LogP contribution in [0.3, 0.4) is 0 Å². The largest absolute Gasteiger partial charge is 0.325 e. The second kappa shape index (κ2) is 8.06. The maximum Gasteiger partial charge on any atom is 0.238 e. The molecule has 34 heavy (non-hydrogen) atoms. The van der Waals surface area contributed by atoms with Gasteiger partial charge in [-0.15, -0.1) is 11.3 Å². The topological polar surface area (TPSA) is 79.4 Å². The number of anilines is 2. The van der Waals surface area contributed by atoms with Crippen molar-refractivity contribution >= 4 is 62.4 Å². The van der Waals surface area contributed by atoms with Gasteiger partial charge in [-0.2, -0.15) is 0 Å². The van der Waals surface area contributed by atoms with Gasteiger partial charge in [0.1, 0.15) is 0 Å². The summed E-state index contributed by atoms with van der Waals surface area (Å²) in [7, 11) is 0. The number of carbonyl (C=O) groups excluding carboxylic acids is 3. The molecule has 2 aliphatic carbocycles. The van der Waals surface area contributed by atoms with Crippen LogP contribution in [-0.2, 0) is 14.4 Å². The number of thioether (sulfide) groups is 1. The van der Waals surface area contributed by atoms with Crippen LogP contribution in [-0.4, -0.2) is 28.5 Å². The molecule has 2 heterocycles. The summed E-state index contributed by atoms with van der Waals surface area (Å²) in [5.74, 6) is -0.00476. The number of aryl methyl sites for hydroxylation is 2. The normalized spacial score (nSPS) is 24.9. The van der Waals surface area contributed by atoms with Crippen molar-refractivity contribution in [1.82, 2.24) is 4.98 Å². The molecular formula is C26H23N3O3S2. The van der Waals surface area contributed by atoms with Crippen LogP contribution in [0, 0.1) is 37.5 Å². The van der Waals surface area contributed by atoms with Gasteiger partial charge in [-0.25, -0.2) is 9.88 Å². The van der Waals surface area contributed by atoms with Crippen LogP contribution in [0.15, 0.2) is 52.9 Å². The lowest BCUT2D eigenvalue weighted by Crippen LogP contribution is -2.32. The van der Waals surface area contributed by atoms with E-state index in [2.05, 4.69) is 22.5 Å². The van der Waals surface area contributed by atoms with Crippen molar-refractivity contribution in [3.05, 3.63) is 59.7 Å². The number of rotatable bonds is 5. The first-order chi connectivity index (χ1) is 16.4. The monoisotopic (exact) mass is 489 g/mol. The van der Waals surface area contributed by atoms with E-state index in [1.165, 1.54) is 28.0 Å². The highest BCUT2D eigenvalue weighted by Gasteiger charge is 2.59. The molecule has 2 fully saturated rings. The number of hydrogen-bond acceptors (Lipinski definition) is 6. The molecule has 0 spiro atoms. The number of fused-ring (bicyclic) bond motifs is 6. The lowest BCUT2D eigenvalue weighted by Gasteiger charge is -2.17. The Labute approximate surface area is 205 Å². The zero-order chi connectivity index (χ0) is 23.6. The van der Waals surface area contributed by atoms with Crippen LogP contribution in [0.2, 0.25) is 0 Å². The molecule has 4 atom stereocenters. The van der Waals surface area contributed by atoms with Crippen LogP contribution in [0.5, 0.6) is 0 Å². The van der Waals surface area contributed by atoms with E-state index in [1.54, 1.807) is 6.07 Å². The third-order valence-electron chi connectivity index (χ3n) is 7.06. The van der Waals surface area contributed by atoms with E-state index in [0.717, 1.165) is 37.8 Å². The fourth-order valence-electron chi connectivity index (χ4n) is 5.52. The molecule has 3 aromatic rings. The second-order valence-electron chi connectivity index (χ2n) is 9.30. The van der Waals surface area contributed by atoms with Crippen LogP contribution < -0.4 is 10.2 Å². The number of benzene rings is 2. The van der Waals surface area contributed by atoms with Crippen molar-refractivity contribution in [3.8, 4) is 0 Å². The summed E-state index contributed by atoms with van der Waals surface area (Å²) in [4.78, 5) is 44.7. The highest BCUT2D eigenvalue weighted by molar-refractivity contribution is 8.01. The minimum absolute atomic E-state index is 0.0756. The predicted octanol–water partition coefficient (Wildman–Crippen LogP) is 4.96. The first-order valence-corrected chi connectivity index (χ1v) is 13.2. The second-order valence-corrected chi connectivity index (χ2v) is 11.6. The summed E-state index contributed by atoms with van der Waals surface area (Å²) in [6, 6.07) is 11.5. The standard InChI is InChI=1S/C26H23N3O3S2/c1-13-3-7-18(14(2)9-13)27-21(30)12-33-26-28-19-8-6-17(11-20(19)34-26)29-24(31)22-15-4-5-16(10-15)23(22)25(29)32/h3-9,11,15-16,22-23H,10,12H2,1-2H3,(H,27,30)/t15-,16-,22-,23+/m0/s1. The lowest BCUT2D eigenvalue weighted by molar-refractivity contribution is -0.123. The average Bonchev–Trinajstić information content (AvgIpc) is 3.57. The third kappa shape index (κ3) is 3.47. The molecule has 6 nitrogen and oxygen atoms in total. The molecule has 172 valence electrons. The SMILES string of the molecule is Cc1ccc(NC(=O)CSc2nc3ccc(N4C(=O)[C@@H]5[C@H](C4=O)[C@H]4C=C[C@H]5C4)cc3s2)c(C)c1. The van der Waals surface area contributed by atoms with Crippen molar-refractivity contribution in [2.75, 3.05) is 16.0 Å². The summed E-state index contributed by atoms with van der Waals surface area (Å²) >= 11 is 2.85. The Morgan fingerprint density at radius 2 is 1.82 bits per heavy atom. The molecule has 1 N–H and O–H groups in total. The fraction of sp³-hybridized carbons (Fsp3) is 0.308. The van der Waals surface area contributed by atoms with Crippen LogP contribution in [0.4, 0.5) is 11.4 Å². The molecule has 8 heteroatoms. The minimum atomic E-state index is -0.207. The zero-order valence-electron chi connectivity index (χ0n) is 18.8. The zero-order valence-corrected chi connectivity index (χ0v) is 20.4. The predicted molar refractivity (Wildman–Crippen MR) is 135 cm³/mol. The first-order valence-electron chi connectivity index (χ1n) is 11.4. The average molecular weight is 490 g/mol. The smallest absolute Gasteiger partial charge is 0.238 e. The maximum atomic E-state index is 13.1. The molecule has 3 aliphatic rings. The van der Waals surface area contributed by atoms with E-state index >= 15 is 0 Å². The van der Waals surface area contributed by atoms with Gasteiger partial charge in [-0.1, -0.05) is 41.6 Å². The first kappa shape index (κ1) is 21.6. The van der Waals surface area contributed by atoms with Crippen LogP contribution in [0.25, 0.3) is 10.2 Å². The van der Waals surface area contributed by atoms with Crippen LogP contribution >= 0.6 is 23.1 Å². The van der Waals surface area contributed by atoms with Gasteiger partial charge in [0.2, 0.25) is 17.7 Å². The Morgan fingerprint density at radius 1 is 1.09 bits per heavy atom. The summed E-state index contributed by atoms with van der Waals surface area (Å²) in [5, 5.41) is 2.96. The highest BCUT2D eigenvalue weighted by atomic mass is 32.2. The van der Waals surface area contributed by atoms with Crippen molar-refractivity contribution in [3.63, 3.8) is 0 Å². The quantitative estimate of drug-likeness (QED) is 0.311. The fourth-order valence-corrected chi connectivity index (χ4v) is 7.42. The van der Waals surface area contributed by atoms with E-state index < -0.39 is 0 Å². The number of imide groups is 1. The number of nitrogens with one attached hydrogen (secondary N) is 1. The number of carbonyl (C=O) groups is 3. The van der Waals surface area contributed by atoms with Gasteiger partial charge in [0.25, 0.3) is 0 Å². The Morgan fingerprint density at radius 3 is 2.53 bits per heavy atom. The van der Waals surface area contributed by atoms with Crippen molar-refractivity contribution in [2.24, 2.45) is 23.7 Å². The van der Waals surface area contributed by atoms with Gasteiger partial charge in [0.05, 0.1) is 33.5 Å². The summed E-state index contributed by atoms with van der Waals surface area (Å²) in [5.41, 5.74) is 4.42. The van der Waals surface area contributed by atoms with Crippen molar-refractivity contribution in [2.45, 2.75) is 24.6 Å². The number of nitrogens with zero attached hydrogens (tertiary/aromatic N) is 2. The molecule has 1 saturated carbocycles. The van der Waals surface area contributed by atoms with Crippen LogP contribution in [0.1, 0.15) is 17.5 Å². The Kier molecular flexibility index (Phi) is 5.11. The van der Waals surface area contributed by atoms with E-state index in [-0.39, 0.29) is 47.1 Å². The highest BCUT2D eigenvalue weighted by Crippen LogP contribution is 2.53. The maximum absolute atomic E-state index is 13.1. The van der Waals surface area contributed by atoms with E-state index in [9.17, 15) is 14.4 Å². The third-order valence-corrected chi connectivity index (χ3v) is 9.22. The summed E-state index contributed by atoms with van der Waals surface area (Å²) in [6.45, 7) is 4.00. The number of hydrogen-bond donors (Lipinski definition) is 1. The van der Waals surface area contributed by atoms with E-state index in [1.807, 2.05) is 44.2 Å². The molecule has 1 aromatic heterocycles. The number of aromatic nitrogens is 1. The molecule has 2 aromatic carbocycles. The molecule has 0 unspecified atom stereocenters. The Bertz CT molecular complexity index is 1370. The van der Waals surface area contributed by atoms with Gasteiger partial charge in [0.15, 0.2) is 4.34 Å². The van der Waals surface area contributed by atoms with E-state index in [0.29, 0.717) is 5.69 Å². The molecule has 0 radical (unpaired) electrons. The van der Waals surface area contributed by atoms with Gasteiger partial charge >= 0.3 is 0 Å². The molecule has 1 saturated heterocycles. The number of thiazole rings is 1.